The van der Waals surface area contributed by atoms with Crippen molar-refractivity contribution in [1.29, 1.82) is 0 Å². The molecule has 0 bridgehead atoms. The molecule has 3 fully saturated rings. The van der Waals surface area contributed by atoms with Gasteiger partial charge in [-0.1, -0.05) is 5.16 Å². The van der Waals surface area contributed by atoms with Crippen LogP contribution in [0.5, 0.6) is 0 Å². The molecular formula is C24H24F5N3O4. The predicted molar refractivity (Wildman–Crippen MR) is 114 cm³/mol. The monoisotopic (exact) mass is 513 g/mol. The van der Waals surface area contributed by atoms with Gasteiger partial charge in [0.25, 0.3) is 5.91 Å². The number of aryl methyl sites for hydroxylation is 2. The van der Waals surface area contributed by atoms with Gasteiger partial charge in [0.15, 0.2) is 0 Å². The quantitative estimate of drug-likeness (QED) is 0.609. The van der Waals surface area contributed by atoms with Gasteiger partial charge in [0.2, 0.25) is 5.91 Å². The molecule has 2 amide bonds. The summed E-state index contributed by atoms with van der Waals surface area (Å²) >= 11 is 0. The summed E-state index contributed by atoms with van der Waals surface area (Å²) in [6.07, 6.45) is -3.10. The third-order valence-electron chi connectivity index (χ3n) is 7.54. The molecule has 1 aromatic heterocycles. The number of ether oxygens (including phenoxy) is 1. The van der Waals surface area contributed by atoms with Crippen molar-refractivity contribution < 1.29 is 40.8 Å². The first kappa shape index (κ1) is 24.7. The van der Waals surface area contributed by atoms with Crippen LogP contribution in [-0.2, 0) is 15.7 Å². The van der Waals surface area contributed by atoms with E-state index in [-0.39, 0.29) is 36.8 Å². The van der Waals surface area contributed by atoms with E-state index in [1.54, 1.807) is 13.8 Å². The summed E-state index contributed by atoms with van der Waals surface area (Å²) in [6.45, 7) is 3.46. The maximum Gasteiger partial charge on any atom is 0.419 e. The summed E-state index contributed by atoms with van der Waals surface area (Å²) in [7, 11) is 0. The number of halogens is 5. The summed E-state index contributed by atoms with van der Waals surface area (Å²) in [6, 6.07) is -1.57. The van der Waals surface area contributed by atoms with Crippen molar-refractivity contribution in [2.24, 2.45) is 11.8 Å². The van der Waals surface area contributed by atoms with E-state index in [1.165, 1.54) is 4.90 Å². The Morgan fingerprint density at radius 3 is 2.39 bits per heavy atom. The summed E-state index contributed by atoms with van der Waals surface area (Å²) < 4.78 is 78.5. The molecule has 7 nitrogen and oxygen atoms in total. The third-order valence-corrected chi connectivity index (χ3v) is 7.54. The van der Waals surface area contributed by atoms with E-state index in [1.807, 2.05) is 0 Å². The van der Waals surface area contributed by atoms with Gasteiger partial charge in [-0.25, -0.2) is 8.78 Å². The molecule has 194 valence electrons. The average Bonchev–Trinajstić information content (AvgIpc) is 3.21. The first-order chi connectivity index (χ1) is 17.0. The molecule has 0 radical (unpaired) electrons. The molecule has 2 aromatic rings. The number of benzene rings is 1. The second-order valence-electron chi connectivity index (χ2n) is 9.70. The Morgan fingerprint density at radius 2 is 1.86 bits per heavy atom. The Balaban J connectivity index is 1.44. The number of hydrogen-bond acceptors (Lipinski definition) is 5. The van der Waals surface area contributed by atoms with Crippen LogP contribution in [0.4, 0.5) is 22.0 Å². The lowest BCUT2D eigenvalue weighted by atomic mass is 9.80. The molecule has 2 aliphatic heterocycles. The summed E-state index contributed by atoms with van der Waals surface area (Å²) in [5.41, 5.74) is -1.44. The molecule has 1 aromatic carbocycles. The second-order valence-corrected chi connectivity index (χ2v) is 9.70. The number of carbonyl (C=O) groups excluding carboxylic acids is 2. The molecular weight excluding hydrogens is 489 g/mol. The molecule has 36 heavy (non-hydrogen) atoms. The normalized spacial score (nSPS) is 24.6. The van der Waals surface area contributed by atoms with E-state index in [0.29, 0.717) is 23.9 Å². The number of nitrogens with zero attached hydrogens (tertiary/aromatic N) is 2. The second kappa shape index (κ2) is 8.82. The van der Waals surface area contributed by atoms with Crippen molar-refractivity contribution in [3.63, 3.8) is 0 Å². The minimum Gasteiger partial charge on any atom is -0.381 e. The molecule has 4 atom stereocenters. The van der Waals surface area contributed by atoms with Gasteiger partial charge < -0.3 is 19.5 Å². The number of rotatable bonds is 5. The molecule has 1 N–H and O–H groups in total. The van der Waals surface area contributed by atoms with Crippen LogP contribution in [0.25, 0.3) is 0 Å². The van der Waals surface area contributed by atoms with Crippen LogP contribution in [-0.4, -0.2) is 47.2 Å². The highest BCUT2D eigenvalue weighted by atomic mass is 19.4. The van der Waals surface area contributed by atoms with Gasteiger partial charge in [-0.15, -0.1) is 0 Å². The number of amides is 2. The fourth-order valence-electron chi connectivity index (χ4n) is 5.43. The topological polar surface area (TPSA) is 84.7 Å². The van der Waals surface area contributed by atoms with E-state index < -0.39 is 58.8 Å². The highest BCUT2D eigenvalue weighted by molar-refractivity contribution is 6.00. The van der Waals surface area contributed by atoms with Crippen LogP contribution in [0.1, 0.15) is 58.2 Å². The van der Waals surface area contributed by atoms with Gasteiger partial charge in [0, 0.05) is 17.5 Å². The number of aromatic nitrogens is 1. The van der Waals surface area contributed by atoms with E-state index in [9.17, 15) is 31.5 Å². The van der Waals surface area contributed by atoms with Crippen molar-refractivity contribution in [1.82, 2.24) is 15.4 Å². The average molecular weight is 513 g/mol. The van der Waals surface area contributed by atoms with E-state index >= 15 is 0 Å². The van der Waals surface area contributed by atoms with E-state index in [2.05, 4.69) is 10.5 Å². The first-order valence-corrected chi connectivity index (χ1v) is 11.7. The number of hydrogen-bond donors (Lipinski definition) is 1. The molecule has 1 saturated carbocycles. The molecule has 1 aliphatic carbocycles. The molecule has 2 saturated heterocycles. The Kier molecular flexibility index (Phi) is 6.05. The smallest absolute Gasteiger partial charge is 0.381 e. The molecule has 0 spiro atoms. The summed E-state index contributed by atoms with van der Waals surface area (Å²) in [5.74, 6) is -3.91. The SMILES string of the molecule is Cc1noc(C)c1C(=O)N1[C@@H](C(=O)N[C@@H](c2cc(F)c(C(F)(F)F)cc2F)C2COC2)C[C@H]2CC[C@H]21. The Morgan fingerprint density at radius 1 is 1.14 bits per heavy atom. The minimum absolute atomic E-state index is 0.104. The zero-order valence-electron chi connectivity index (χ0n) is 19.5. The molecule has 3 heterocycles. The van der Waals surface area contributed by atoms with Crippen molar-refractivity contribution in [2.75, 3.05) is 13.2 Å². The van der Waals surface area contributed by atoms with E-state index in [4.69, 9.17) is 9.26 Å². The molecule has 5 rings (SSSR count). The Hall–Kier alpha value is -3.02. The van der Waals surface area contributed by atoms with Gasteiger partial charge in [-0.3, -0.25) is 9.59 Å². The van der Waals surface area contributed by atoms with E-state index in [0.717, 1.165) is 12.8 Å². The van der Waals surface area contributed by atoms with Crippen LogP contribution in [0, 0.1) is 37.3 Å². The van der Waals surface area contributed by atoms with Gasteiger partial charge >= 0.3 is 6.18 Å². The molecule has 3 aliphatic rings. The van der Waals surface area contributed by atoms with Gasteiger partial charge in [-0.05, 0) is 51.2 Å². The largest absolute Gasteiger partial charge is 0.419 e. The Labute approximate surface area is 202 Å². The van der Waals surface area contributed by atoms with Crippen LogP contribution in [0.15, 0.2) is 16.7 Å². The first-order valence-electron chi connectivity index (χ1n) is 11.7. The number of nitrogens with one attached hydrogen (secondary N) is 1. The zero-order valence-corrected chi connectivity index (χ0v) is 19.5. The number of likely N-dealkylation sites (tertiary alicyclic amines) is 1. The van der Waals surface area contributed by atoms with Gasteiger partial charge in [0.1, 0.15) is 29.0 Å². The maximum absolute atomic E-state index is 14.8. The molecule has 0 unspecified atom stereocenters. The summed E-state index contributed by atoms with van der Waals surface area (Å²) in [4.78, 5) is 28.4. The third kappa shape index (κ3) is 4.04. The lowest BCUT2D eigenvalue weighted by Gasteiger charge is -2.38. The fraction of sp³-hybridized carbons (Fsp3) is 0.542. The zero-order chi connectivity index (χ0) is 25.9. The lowest BCUT2D eigenvalue weighted by molar-refractivity contribution is -0.140. The molecule has 12 heteroatoms. The highest BCUT2D eigenvalue weighted by Crippen LogP contribution is 2.45. The fourth-order valence-corrected chi connectivity index (χ4v) is 5.43. The minimum atomic E-state index is -5.07. The highest BCUT2D eigenvalue weighted by Gasteiger charge is 2.52. The standard InChI is InChI=1S/C24H24F5N3O4/c1-10-20(11(2)36-31-10)23(34)32-18-4-3-12(18)5-19(32)22(33)30-21(13-8-35-9-13)14-6-17(26)15(7-16(14)25)24(27,28)29/h6-7,12-13,18-19,21H,3-5,8-9H2,1-2H3,(H,30,33)/t12-,18-,19-,21-/m1/s1. The van der Waals surface area contributed by atoms with Crippen LogP contribution < -0.4 is 5.32 Å². The number of alkyl halides is 3. The van der Waals surface area contributed by atoms with Crippen molar-refractivity contribution in [2.45, 2.75) is 57.4 Å². The van der Waals surface area contributed by atoms with Crippen molar-refractivity contribution >= 4 is 11.8 Å². The summed E-state index contributed by atoms with van der Waals surface area (Å²) in [5, 5.41) is 6.51. The number of carbonyl (C=O) groups is 2. The lowest BCUT2D eigenvalue weighted by Crippen LogP contribution is -2.53. The van der Waals surface area contributed by atoms with Crippen molar-refractivity contribution in [3.05, 3.63) is 51.9 Å². The maximum atomic E-state index is 14.8. The van der Waals surface area contributed by atoms with Crippen LogP contribution >= 0.6 is 0 Å². The predicted octanol–water partition coefficient (Wildman–Crippen LogP) is 4.09. The van der Waals surface area contributed by atoms with Crippen molar-refractivity contribution in [3.8, 4) is 0 Å². The van der Waals surface area contributed by atoms with Crippen LogP contribution in [0.3, 0.4) is 0 Å². The Bertz CT molecular complexity index is 1190. The van der Waals surface area contributed by atoms with Crippen LogP contribution in [0.2, 0.25) is 0 Å². The van der Waals surface area contributed by atoms with Gasteiger partial charge in [-0.2, -0.15) is 13.2 Å². The van der Waals surface area contributed by atoms with Gasteiger partial charge in [0.05, 0.1) is 30.5 Å². The number of fused-ring (bicyclic) bond motifs is 1.